The van der Waals surface area contributed by atoms with Crippen LogP contribution >= 0.6 is 11.8 Å². The Bertz CT molecular complexity index is 1370. The minimum atomic E-state index is -0.866. The van der Waals surface area contributed by atoms with E-state index in [9.17, 15) is 19.5 Å². The van der Waals surface area contributed by atoms with Crippen LogP contribution in [0.4, 0.5) is 11.4 Å². The Morgan fingerprint density at radius 2 is 1.75 bits per heavy atom. The largest absolute Gasteiger partial charge is 0.466 e. The van der Waals surface area contributed by atoms with Gasteiger partial charge in [0.25, 0.3) is 5.91 Å². The number of benzene rings is 2. The van der Waals surface area contributed by atoms with Crippen LogP contribution in [-0.4, -0.2) is 82.2 Å². The molecule has 5 rings (SSSR count). The average molecular weight is 620 g/mol. The first-order chi connectivity index (χ1) is 21.2. The standard InChI is InChI=1S/C35H45N3O5S/c1-6-21-37(26-17-15-25(16-18-26)36(7-2)8-3)32(41)30-35-20-19-34(5,44-35)29(33(42)43-9-4)28(35)31(40)38(30)27(23-39)22-24-13-11-10-12-14-24/h6,10-18,27-30,39H,1,7-9,19-23H2,2-5H3/t27-,28+,29-,30?,34+,35?/m1/s1. The zero-order chi connectivity index (χ0) is 31.6. The molecule has 3 saturated heterocycles. The molecule has 2 unspecified atom stereocenters. The molecule has 9 heteroatoms. The fourth-order valence-electron chi connectivity index (χ4n) is 7.79. The fourth-order valence-corrected chi connectivity index (χ4v) is 10.1. The van der Waals surface area contributed by atoms with Gasteiger partial charge in [-0.2, -0.15) is 0 Å². The molecule has 3 aliphatic rings. The molecule has 1 N–H and O–H groups in total. The van der Waals surface area contributed by atoms with Gasteiger partial charge in [-0.3, -0.25) is 14.4 Å². The highest BCUT2D eigenvalue weighted by atomic mass is 32.2. The lowest BCUT2D eigenvalue weighted by Gasteiger charge is -2.39. The third-order valence-electron chi connectivity index (χ3n) is 9.77. The maximum Gasteiger partial charge on any atom is 0.311 e. The van der Waals surface area contributed by atoms with Crippen molar-refractivity contribution < 1.29 is 24.2 Å². The minimum Gasteiger partial charge on any atom is -0.466 e. The van der Waals surface area contributed by atoms with Crippen LogP contribution in [0.2, 0.25) is 0 Å². The molecule has 8 nitrogen and oxygen atoms in total. The lowest BCUT2D eigenvalue weighted by molar-refractivity contribution is -0.155. The molecule has 0 aliphatic carbocycles. The van der Waals surface area contributed by atoms with Gasteiger partial charge < -0.3 is 24.5 Å². The summed E-state index contributed by atoms with van der Waals surface area (Å²) in [6.45, 7) is 13.9. The van der Waals surface area contributed by atoms with Crippen LogP contribution < -0.4 is 9.80 Å². The van der Waals surface area contributed by atoms with Crippen molar-refractivity contribution in [1.29, 1.82) is 0 Å². The second-order valence-electron chi connectivity index (χ2n) is 12.2. The van der Waals surface area contributed by atoms with Gasteiger partial charge in [0.05, 0.1) is 35.8 Å². The number of ether oxygens (including phenoxy) is 1. The SMILES string of the molecule is C=CCN(C(=O)C1N([C@@H](CO)Cc2ccccc2)C(=O)[C@@H]2[C@H](C(=O)OCC)[C@]3(C)CCC12S3)c1ccc(N(CC)CC)cc1. The maximum atomic E-state index is 15.0. The number of thioether (sulfide) groups is 1. The summed E-state index contributed by atoms with van der Waals surface area (Å²) in [4.78, 5) is 48.7. The number of aliphatic hydroxyl groups excluding tert-OH is 1. The van der Waals surface area contributed by atoms with Gasteiger partial charge in [-0.15, -0.1) is 18.3 Å². The summed E-state index contributed by atoms with van der Waals surface area (Å²) < 4.78 is 4.20. The van der Waals surface area contributed by atoms with Crippen LogP contribution in [0, 0.1) is 11.8 Å². The first-order valence-corrected chi connectivity index (χ1v) is 16.6. The number of aliphatic hydroxyl groups is 1. The molecule has 3 aliphatic heterocycles. The number of amides is 2. The Balaban J connectivity index is 1.60. The van der Waals surface area contributed by atoms with Crippen LogP contribution in [0.5, 0.6) is 0 Å². The molecule has 2 amide bonds. The molecule has 2 bridgehead atoms. The molecule has 0 radical (unpaired) electrons. The van der Waals surface area contributed by atoms with Crippen LogP contribution in [-0.2, 0) is 25.5 Å². The Morgan fingerprint density at radius 1 is 1.09 bits per heavy atom. The molecule has 2 aromatic carbocycles. The zero-order valence-electron chi connectivity index (χ0n) is 26.3. The molecule has 1 spiro atoms. The van der Waals surface area contributed by atoms with E-state index in [-0.39, 0.29) is 37.5 Å². The Kier molecular flexibility index (Phi) is 9.47. The van der Waals surface area contributed by atoms with Crippen LogP contribution in [0.25, 0.3) is 0 Å². The molecule has 6 atom stereocenters. The molecule has 0 aromatic heterocycles. The minimum absolute atomic E-state index is 0.218. The van der Waals surface area contributed by atoms with Crippen molar-refractivity contribution in [2.75, 3.05) is 42.6 Å². The van der Waals surface area contributed by atoms with E-state index in [1.165, 1.54) is 0 Å². The topological polar surface area (TPSA) is 90.4 Å². The van der Waals surface area contributed by atoms with Crippen molar-refractivity contribution in [2.24, 2.45) is 11.8 Å². The molecule has 44 heavy (non-hydrogen) atoms. The Labute approximate surface area is 265 Å². The summed E-state index contributed by atoms with van der Waals surface area (Å²) in [5.74, 6) is -2.22. The normalized spacial score (nSPS) is 27.6. The van der Waals surface area contributed by atoms with Crippen LogP contribution in [0.15, 0.2) is 67.3 Å². The average Bonchev–Trinajstić information content (AvgIpc) is 3.60. The number of hydrogen-bond acceptors (Lipinski definition) is 7. The molecular formula is C35H45N3O5S. The predicted molar refractivity (Wildman–Crippen MR) is 176 cm³/mol. The van der Waals surface area contributed by atoms with E-state index in [2.05, 4.69) is 25.3 Å². The van der Waals surface area contributed by atoms with E-state index in [1.54, 1.807) is 34.6 Å². The number of esters is 1. The van der Waals surface area contributed by atoms with E-state index in [1.807, 2.05) is 61.5 Å². The second kappa shape index (κ2) is 13.0. The van der Waals surface area contributed by atoms with Crippen molar-refractivity contribution in [3.63, 3.8) is 0 Å². The molecule has 2 aromatic rings. The smallest absolute Gasteiger partial charge is 0.311 e. The Morgan fingerprint density at radius 3 is 2.34 bits per heavy atom. The van der Waals surface area contributed by atoms with E-state index in [4.69, 9.17) is 4.74 Å². The Hall–Kier alpha value is -3.30. The van der Waals surface area contributed by atoms with E-state index >= 15 is 0 Å². The fraction of sp³-hybridized carbons (Fsp3) is 0.514. The quantitative estimate of drug-likeness (QED) is 0.257. The lowest BCUT2D eigenvalue weighted by atomic mass is 9.66. The number of carbonyl (C=O) groups is 3. The summed E-state index contributed by atoms with van der Waals surface area (Å²) >= 11 is 1.61. The van der Waals surface area contributed by atoms with Crippen molar-refractivity contribution in [3.05, 3.63) is 72.8 Å². The number of anilines is 2. The number of rotatable bonds is 13. The molecule has 3 heterocycles. The van der Waals surface area contributed by atoms with Gasteiger partial charge in [0, 0.05) is 35.8 Å². The zero-order valence-corrected chi connectivity index (χ0v) is 27.1. The molecular weight excluding hydrogens is 574 g/mol. The second-order valence-corrected chi connectivity index (χ2v) is 14.1. The van der Waals surface area contributed by atoms with Gasteiger partial charge in [0.15, 0.2) is 0 Å². The highest BCUT2D eigenvalue weighted by molar-refractivity contribution is 8.02. The molecule has 236 valence electrons. The number of carbonyl (C=O) groups excluding carboxylic acids is 3. The van der Waals surface area contributed by atoms with Crippen molar-refractivity contribution in [2.45, 2.75) is 68.5 Å². The first-order valence-electron chi connectivity index (χ1n) is 15.8. The summed E-state index contributed by atoms with van der Waals surface area (Å²) in [5.41, 5.74) is 2.74. The number of fused-ring (bicyclic) bond motifs is 1. The summed E-state index contributed by atoms with van der Waals surface area (Å²) in [6.07, 6.45) is 3.41. The third-order valence-corrected chi connectivity index (χ3v) is 11.8. The van der Waals surface area contributed by atoms with Crippen LogP contribution in [0.3, 0.4) is 0 Å². The van der Waals surface area contributed by atoms with Gasteiger partial charge in [0.2, 0.25) is 5.91 Å². The first kappa shape index (κ1) is 32.1. The van der Waals surface area contributed by atoms with Crippen molar-refractivity contribution in [1.82, 2.24) is 4.90 Å². The predicted octanol–water partition coefficient (Wildman–Crippen LogP) is 4.70. The van der Waals surface area contributed by atoms with E-state index < -0.39 is 33.4 Å². The van der Waals surface area contributed by atoms with Crippen molar-refractivity contribution >= 4 is 40.9 Å². The van der Waals surface area contributed by atoms with Gasteiger partial charge in [-0.05, 0) is 76.8 Å². The van der Waals surface area contributed by atoms with Gasteiger partial charge in [-0.25, -0.2) is 0 Å². The lowest BCUT2D eigenvalue weighted by Crippen LogP contribution is -2.58. The molecule has 0 saturated carbocycles. The molecule has 3 fully saturated rings. The monoisotopic (exact) mass is 619 g/mol. The summed E-state index contributed by atoms with van der Waals surface area (Å²) in [5, 5.41) is 10.8. The highest BCUT2D eigenvalue weighted by Crippen LogP contribution is 2.71. The number of nitrogens with zero attached hydrogens (tertiary/aromatic N) is 3. The highest BCUT2D eigenvalue weighted by Gasteiger charge is 2.78. The van der Waals surface area contributed by atoms with Gasteiger partial charge in [0.1, 0.15) is 6.04 Å². The van der Waals surface area contributed by atoms with Gasteiger partial charge in [-0.1, -0.05) is 36.4 Å². The van der Waals surface area contributed by atoms with Gasteiger partial charge >= 0.3 is 5.97 Å². The van der Waals surface area contributed by atoms with Crippen LogP contribution in [0.1, 0.15) is 46.1 Å². The van der Waals surface area contributed by atoms with E-state index in [0.29, 0.717) is 24.9 Å². The summed E-state index contributed by atoms with van der Waals surface area (Å²) in [6, 6.07) is 16.1. The van der Waals surface area contributed by atoms with E-state index in [0.717, 1.165) is 24.3 Å². The van der Waals surface area contributed by atoms with Crippen molar-refractivity contribution in [3.8, 4) is 0 Å². The maximum absolute atomic E-state index is 15.0. The number of hydrogen-bond donors (Lipinski definition) is 1. The third kappa shape index (κ3) is 5.32. The number of likely N-dealkylation sites (tertiary alicyclic amines) is 1. The summed E-state index contributed by atoms with van der Waals surface area (Å²) in [7, 11) is 0.